The van der Waals surface area contributed by atoms with Crippen LogP contribution < -0.4 is 10.2 Å². The van der Waals surface area contributed by atoms with Crippen molar-refractivity contribution in [1.82, 2.24) is 19.7 Å². The zero-order valence-corrected chi connectivity index (χ0v) is 19.2. The lowest BCUT2D eigenvalue weighted by atomic mass is 10.0. The fourth-order valence-electron chi connectivity index (χ4n) is 4.40. The summed E-state index contributed by atoms with van der Waals surface area (Å²) in [4.78, 5) is 22.9. The molecule has 0 atom stereocenters. The molecule has 3 heterocycles. The van der Waals surface area contributed by atoms with E-state index in [1.807, 2.05) is 62.5 Å². The second-order valence-electron chi connectivity index (χ2n) is 8.62. The van der Waals surface area contributed by atoms with Crippen molar-refractivity contribution in [3.05, 3.63) is 71.9 Å². The number of anilines is 2. The third-order valence-corrected chi connectivity index (χ3v) is 6.28. The minimum Gasteiger partial charge on any atom is -0.369 e. The second kappa shape index (κ2) is 8.67. The molecule has 0 aliphatic carbocycles. The zero-order chi connectivity index (χ0) is 22.9. The van der Waals surface area contributed by atoms with Gasteiger partial charge >= 0.3 is 0 Å². The Labute approximate surface area is 193 Å². The van der Waals surface area contributed by atoms with Crippen molar-refractivity contribution in [3.63, 3.8) is 0 Å². The van der Waals surface area contributed by atoms with Crippen LogP contribution >= 0.6 is 0 Å². The molecule has 0 bridgehead atoms. The van der Waals surface area contributed by atoms with Crippen molar-refractivity contribution in [1.29, 1.82) is 0 Å². The molecule has 1 saturated heterocycles. The van der Waals surface area contributed by atoms with E-state index >= 15 is 0 Å². The average Bonchev–Trinajstić information content (AvgIpc) is 3.13. The quantitative estimate of drug-likeness (QED) is 0.521. The van der Waals surface area contributed by atoms with Crippen molar-refractivity contribution < 1.29 is 4.79 Å². The van der Waals surface area contributed by atoms with Crippen LogP contribution in [0.4, 0.5) is 11.4 Å². The lowest BCUT2D eigenvalue weighted by Crippen LogP contribution is -2.44. The third-order valence-electron chi connectivity index (χ3n) is 6.28. The van der Waals surface area contributed by atoms with Gasteiger partial charge in [-0.05, 0) is 44.3 Å². The Morgan fingerprint density at radius 1 is 0.939 bits per heavy atom. The normalized spacial score (nSPS) is 14.6. The first-order chi connectivity index (χ1) is 16.0. The molecule has 5 rings (SSSR count). The van der Waals surface area contributed by atoms with Gasteiger partial charge in [-0.1, -0.05) is 30.3 Å². The second-order valence-corrected chi connectivity index (χ2v) is 8.62. The first kappa shape index (κ1) is 21.2. The predicted molar refractivity (Wildman–Crippen MR) is 133 cm³/mol. The van der Waals surface area contributed by atoms with Crippen LogP contribution in [0.1, 0.15) is 16.1 Å². The van der Waals surface area contributed by atoms with Crippen LogP contribution in [-0.4, -0.2) is 58.8 Å². The number of pyridine rings is 1. The lowest BCUT2D eigenvalue weighted by Gasteiger charge is -2.34. The van der Waals surface area contributed by atoms with Crippen LogP contribution in [0.3, 0.4) is 0 Å². The molecule has 1 aliphatic rings. The predicted octanol–water partition coefficient (Wildman–Crippen LogP) is 3.95. The first-order valence-corrected chi connectivity index (χ1v) is 11.2. The molecule has 0 unspecified atom stereocenters. The van der Waals surface area contributed by atoms with Gasteiger partial charge in [0.1, 0.15) is 0 Å². The van der Waals surface area contributed by atoms with E-state index in [2.05, 4.69) is 39.4 Å². The van der Waals surface area contributed by atoms with Crippen molar-refractivity contribution >= 4 is 28.3 Å². The Morgan fingerprint density at radius 2 is 1.64 bits per heavy atom. The van der Waals surface area contributed by atoms with E-state index in [1.165, 1.54) is 5.69 Å². The maximum atomic E-state index is 13.4. The third kappa shape index (κ3) is 4.19. The molecular weight excluding hydrogens is 412 g/mol. The van der Waals surface area contributed by atoms with Gasteiger partial charge in [0, 0.05) is 50.2 Å². The number of hydrogen-bond donors (Lipinski definition) is 1. The monoisotopic (exact) mass is 440 g/mol. The number of hydrogen-bond acceptors (Lipinski definition) is 5. The van der Waals surface area contributed by atoms with Gasteiger partial charge in [0.25, 0.3) is 5.91 Å². The van der Waals surface area contributed by atoms with Crippen LogP contribution in [-0.2, 0) is 7.05 Å². The molecule has 2 aromatic carbocycles. The van der Waals surface area contributed by atoms with Crippen LogP contribution in [0, 0.1) is 6.92 Å². The Morgan fingerprint density at radius 3 is 2.33 bits per heavy atom. The van der Waals surface area contributed by atoms with Gasteiger partial charge < -0.3 is 15.1 Å². The fraction of sp³-hybridized carbons (Fsp3) is 0.269. The molecule has 7 nitrogen and oxygen atoms in total. The highest BCUT2D eigenvalue weighted by molar-refractivity contribution is 6.13. The molecule has 1 amide bonds. The minimum atomic E-state index is -0.164. The van der Waals surface area contributed by atoms with E-state index < -0.39 is 0 Å². The number of amides is 1. The number of fused-ring (bicyclic) bond motifs is 1. The lowest BCUT2D eigenvalue weighted by molar-refractivity contribution is 0.102. The summed E-state index contributed by atoms with van der Waals surface area (Å²) in [6.45, 7) is 6.06. The Bertz CT molecular complexity index is 1290. The highest BCUT2D eigenvalue weighted by Gasteiger charge is 2.20. The minimum absolute atomic E-state index is 0.164. The molecule has 0 radical (unpaired) electrons. The summed E-state index contributed by atoms with van der Waals surface area (Å²) in [5.74, 6) is -0.164. The van der Waals surface area contributed by atoms with Gasteiger partial charge in [-0.25, -0.2) is 4.98 Å². The van der Waals surface area contributed by atoms with Crippen LogP contribution in [0.2, 0.25) is 0 Å². The Hall–Kier alpha value is -3.71. The number of aryl methyl sites for hydroxylation is 2. The molecule has 1 fully saturated rings. The molecule has 33 heavy (non-hydrogen) atoms. The maximum Gasteiger partial charge on any atom is 0.256 e. The molecule has 2 aromatic heterocycles. The highest BCUT2D eigenvalue weighted by Crippen LogP contribution is 2.28. The summed E-state index contributed by atoms with van der Waals surface area (Å²) in [7, 11) is 4.01. The largest absolute Gasteiger partial charge is 0.369 e. The van der Waals surface area contributed by atoms with E-state index in [0.29, 0.717) is 11.2 Å². The van der Waals surface area contributed by atoms with Gasteiger partial charge in [-0.2, -0.15) is 5.10 Å². The molecule has 1 aliphatic heterocycles. The maximum absolute atomic E-state index is 13.4. The number of nitrogens with one attached hydrogen (secondary N) is 1. The smallest absolute Gasteiger partial charge is 0.256 e. The molecule has 7 heteroatoms. The molecule has 168 valence electrons. The molecule has 0 spiro atoms. The summed E-state index contributed by atoms with van der Waals surface area (Å²) in [5.41, 5.74) is 5.73. The van der Waals surface area contributed by atoms with Crippen LogP contribution in [0.15, 0.2) is 60.7 Å². The van der Waals surface area contributed by atoms with Crippen molar-refractivity contribution in [3.8, 4) is 11.3 Å². The molecule has 1 N–H and O–H groups in total. The fourth-order valence-corrected chi connectivity index (χ4v) is 4.40. The van der Waals surface area contributed by atoms with Gasteiger partial charge in [0.15, 0.2) is 5.65 Å². The Kier molecular flexibility index (Phi) is 5.56. The average molecular weight is 441 g/mol. The number of piperazine rings is 1. The van der Waals surface area contributed by atoms with Crippen LogP contribution in [0.25, 0.3) is 22.3 Å². The number of carbonyl (C=O) groups excluding carboxylic acids is 1. The summed E-state index contributed by atoms with van der Waals surface area (Å²) in [6, 6.07) is 19.9. The number of benzene rings is 2. The van der Waals surface area contributed by atoms with E-state index in [0.717, 1.165) is 54.2 Å². The van der Waals surface area contributed by atoms with E-state index in [1.54, 1.807) is 4.68 Å². The van der Waals surface area contributed by atoms with Gasteiger partial charge in [0.05, 0.1) is 22.3 Å². The van der Waals surface area contributed by atoms with E-state index in [4.69, 9.17) is 4.98 Å². The summed E-state index contributed by atoms with van der Waals surface area (Å²) < 4.78 is 1.73. The van der Waals surface area contributed by atoms with Crippen molar-refractivity contribution in [2.45, 2.75) is 6.92 Å². The number of nitrogens with zero attached hydrogens (tertiary/aromatic N) is 5. The molecular formula is C26H28N6O. The van der Waals surface area contributed by atoms with E-state index in [-0.39, 0.29) is 5.91 Å². The Balaban J connectivity index is 1.44. The summed E-state index contributed by atoms with van der Waals surface area (Å²) in [5, 5.41) is 8.36. The number of carbonyl (C=O) groups is 1. The molecule has 4 aromatic rings. The number of likely N-dealkylation sites (N-methyl/N-ethyl adjacent to an activating group) is 1. The highest BCUT2D eigenvalue weighted by atomic mass is 16.1. The van der Waals surface area contributed by atoms with Crippen molar-refractivity contribution in [2.24, 2.45) is 7.05 Å². The SMILES string of the molecule is Cc1nn(C)c2nc(-c3ccccc3)cc(C(=O)Nc3ccc(N4CCN(C)CC4)cc3)c12. The summed E-state index contributed by atoms with van der Waals surface area (Å²) >= 11 is 0. The zero-order valence-electron chi connectivity index (χ0n) is 19.2. The number of aromatic nitrogens is 3. The molecule has 0 saturated carbocycles. The topological polar surface area (TPSA) is 66.3 Å². The standard InChI is InChI=1S/C26H28N6O/c1-18-24-22(17-23(19-7-5-4-6-8-19)28-25(24)31(3)29-18)26(33)27-20-9-11-21(12-10-20)32-15-13-30(2)14-16-32/h4-12,17H,13-16H2,1-3H3,(H,27,33). The van der Waals surface area contributed by atoms with E-state index in [9.17, 15) is 4.79 Å². The van der Waals surface area contributed by atoms with Crippen LogP contribution in [0.5, 0.6) is 0 Å². The van der Waals surface area contributed by atoms with Crippen molar-refractivity contribution in [2.75, 3.05) is 43.4 Å². The summed E-state index contributed by atoms with van der Waals surface area (Å²) in [6.07, 6.45) is 0. The van der Waals surface area contributed by atoms with Gasteiger partial charge in [-0.3, -0.25) is 9.48 Å². The number of rotatable bonds is 4. The van der Waals surface area contributed by atoms with Gasteiger partial charge in [-0.15, -0.1) is 0 Å². The van der Waals surface area contributed by atoms with Gasteiger partial charge in [0.2, 0.25) is 0 Å². The first-order valence-electron chi connectivity index (χ1n) is 11.2.